The molecule has 39 heavy (non-hydrogen) atoms. The first-order valence-electron chi connectivity index (χ1n) is 13.1. The number of nitrogens with zero attached hydrogens (tertiary/aromatic N) is 3. The number of furan rings is 1. The Bertz CT molecular complexity index is 1220. The Balaban J connectivity index is 1.28. The average molecular weight is 552 g/mol. The van der Waals surface area contributed by atoms with Crippen LogP contribution in [0.1, 0.15) is 11.3 Å². The van der Waals surface area contributed by atoms with Crippen LogP contribution >= 0.6 is 11.8 Å². The lowest BCUT2D eigenvalue weighted by Gasteiger charge is -2.31. The second-order valence-corrected chi connectivity index (χ2v) is 10.4. The van der Waals surface area contributed by atoms with Crippen molar-refractivity contribution in [1.82, 2.24) is 14.7 Å². The number of amides is 2. The van der Waals surface area contributed by atoms with Crippen molar-refractivity contribution in [2.45, 2.75) is 18.0 Å². The highest BCUT2D eigenvalue weighted by Gasteiger charge is 2.24. The fourth-order valence-electron chi connectivity index (χ4n) is 4.48. The van der Waals surface area contributed by atoms with Crippen molar-refractivity contribution >= 4 is 23.6 Å². The van der Waals surface area contributed by atoms with Crippen molar-refractivity contribution in [3.8, 4) is 11.5 Å². The van der Waals surface area contributed by atoms with Gasteiger partial charge in [0, 0.05) is 37.6 Å². The zero-order valence-electron chi connectivity index (χ0n) is 21.8. The summed E-state index contributed by atoms with van der Waals surface area (Å²) in [4.78, 5) is 33.8. The molecule has 1 aromatic heterocycles. The average Bonchev–Trinajstić information content (AvgIpc) is 3.66. The molecule has 206 valence electrons. The molecule has 3 heterocycles. The van der Waals surface area contributed by atoms with Gasteiger partial charge in [0.25, 0.3) is 0 Å². The summed E-state index contributed by atoms with van der Waals surface area (Å²) in [5.74, 6) is 2.09. The molecule has 2 aliphatic heterocycles. The predicted octanol–water partition coefficient (Wildman–Crippen LogP) is 3.49. The maximum absolute atomic E-state index is 13.7. The Kier molecular flexibility index (Phi) is 9.42. The van der Waals surface area contributed by atoms with Crippen LogP contribution < -0.4 is 9.47 Å². The van der Waals surface area contributed by atoms with Gasteiger partial charge in [-0.1, -0.05) is 24.3 Å². The van der Waals surface area contributed by atoms with E-state index in [1.165, 1.54) is 11.8 Å². The predicted molar refractivity (Wildman–Crippen MR) is 147 cm³/mol. The Hall–Kier alpha value is -3.47. The van der Waals surface area contributed by atoms with Crippen molar-refractivity contribution in [2.24, 2.45) is 0 Å². The molecular weight excluding hydrogens is 518 g/mol. The summed E-state index contributed by atoms with van der Waals surface area (Å²) in [5.41, 5.74) is 0.907. The summed E-state index contributed by atoms with van der Waals surface area (Å²) in [5, 5.41) is 0. The molecule has 0 aliphatic carbocycles. The van der Waals surface area contributed by atoms with E-state index in [-0.39, 0.29) is 30.9 Å². The number of rotatable bonds is 12. The van der Waals surface area contributed by atoms with Crippen LogP contribution in [0.25, 0.3) is 0 Å². The maximum Gasteiger partial charge on any atom is 0.242 e. The summed E-state index contributed by atoms with van der Waals surface area (Å²) in [6, 6.07) is 19.1. The van der Waals surface area contributed by atoms with Gasteiger partial charge in [-0.2, -0.15) is 0 Å². The zero-order chi connectivity index (χ0) is 26.9. The van der Waals surface area contributed by atoms with Crippen LogP contribution in [0.15, 0.2) is 76.2 Å². The third kappa shape index (κ3) is 7.78. The van der Waals surface area contributed by atoms with Gasteiger partial charge in [0.2, 0.25) is 18.6 Å². The molecule has 3 aromatic rings. The number of hydrogen-bond acceptors (Lipinski definition) is 8. The molecule has 0 saturated carbocycles. The first-order valence-corrected chi connectivity index (χ1v) is 14.1. The van der Waals surface area contributed by atoms with E-state index in [1.54, 1.807) is 22.1 Å². The minimum Gasteiger partial charge on any atom is -0.467 e. The third-order valence-electron chi connectivity index (χ3n) is 6.66. The van der Waals surface area contributed by atoms with Gasteiger partial charge >= 0.3 is 0 Å². The summed E-state index contributed by atoms with van der Waals surface area (Å²) < 4.78 is 22.0. The number of thioether (sulfide) groups is 1. The number of fused-ring (bicyclic) bond motifs is 1. The van der Waals surface area contributed by atoms with Crippen LogP contribution in [0, 0.1) is 0 Å². The maximum atomic E-state index is 13.7. The van der Waals surface area contributed by atoms with E-state index in [0.717, 1.165) is 23.5 Å². The van der Waals surface area contributed by atoms with Crippen molar-refractivity contribution in [2.75, 3.05) is 58.5 Å². The second-order valence-electron chi connectivity index (χ2n) is 9.39. The van der Waals surface area contributed by atoms with E-state index < -0.39 is 0 Å². The van der Waals surface area contributed by atoms with Crippen LogP contribution in [0.2, 0.25) is 0 Å². The lowest BCUT2D eigenvalue weighted by atomic mass is 10.2. The van der Waals surface area contributed by atoms with Gasteiger partial charge in [0.15, 0.2) is 11.5 Å². The zero-order valence-corrected chi connectivity index (χ0v) is 22.6. The Morgan fingerprint density at radius 2 is 1.69 bits per heavy atom. The van der Waals surface area contributed by atoms with Gasteiger partial charge < -0.3 is 28.4 Å². The van der Waals surface area contributed by atoms with E-state index in [1.807, 2.05) is 54.6 Å². The van der Waals surface area contributed by atoms with Crippen LogP contribution in [-0.4, -0.2) is 85.0 Å². The molecule has 2 aliphatic rings. The van der Waals surface area contributed by atoms with Gasteiger partial charge in [-0.15, -0.1) is 11.8 Å². The van der Waals surface area contributed by atoms with Gasteiger partial charge in [-0.25, -0.2) is 0 Å². The van der Waals surface area contributed by atoms with Crippen LogP contribution in [0.4, 0.5) is 0 Å². The molecule has 2 amide bonds. The minimum absolute atomic E-state index is 0.0101. The van der Waals surface area contributed by atoms with E-state index in [4.69, 9.17) is 18.6 Å². The largest absolute Gasteiger partial charge is 0.467 e. The number of morpholine rings is 1. The summed E-state index contributed by atoms with van der Waals surface area (Å²) >= 11 is 1.48. The molecule has 1 fully saturated rings. The third-order valence-corrected chi connectivity index (χ3v) is 7.66. The van der Waals surface area contributed by atoms with Crippen molar-refractivity contribution < 1.29 is 28.2 Å². The quantitative estimate of drug-likeness (QED) is 0.317. The van der Waals surface area contributed by atoms with Crippen LogP contribution in [0.3, 0.4) is 0 Å². The highest BCUT2D eigenvalue weighted by Crippen LogP contribution is 2.33. The Morgan fingerprint density at radius 3 is 2.49 bits per heavy atom. The van der Waals surface area contributed by atoms with Gasteiger partial charge in [0.05, 0.1) is 38.3 Å². The number of carbonyl (C=O) groups is 2. The summed E-state index contributed by atoms with van der Waals surface area (Å²) in [6.45, 7) is 5.00. The lowest BCUT2D eigenvalue weighted by Crippen LogP contribution is -2.47. The fourth-order valence-corrected chi connectivity index (χ4v) is 5.30. The number of ether oxygens (including phenoxy) is 3. The van der Waals surface area contributed by atoms with Gasteiger partial charge in [-0.3, -0.25) is 14.5 Å². The highest BCUT2D eigenvalue weighted by molar-refractivity contribution is 8.00. The molecule has 0 unspecified atom stereocenters. The SMILES string of the molecule is O=C(CSc1ccccc1)N(CCN1CCOCC1)CC(=O)N(Cc1ccc2c(c1)OCO2)Cc1ccco1. The van der Waals surface area contributed by atoms with E-state index >= 15 is 0 Å². The second kappa shape index (κ2) is 13.5. The van der Waals surface area contributed by atoms with Crippen LogP contribution in [-0.2, 0) is 27.4 Å². The van der Waals surface area contributed by atoms with Crippen molar-refractivity contribution in [1.29, 1.82) is 0 Å². The van der Waals surface area contributed by atoms with Crippen LogP contribution in [0.5, 0.6) is 11.5 Å². The molecule has 5 rings (SSSR count). The molecule has 0 N–H and O–H groups in total. The normalized spacial score (nSPS) is 14.8. The summed E-state index contributed by atoms with van der Waals surface area (Å²) in [6.07, 6.45) is 1.59. The van der Waals surface area contributed by atoms with Gasteiger partial charge in [0.1, 0.15) is 5.76 Å². The Labute approximate surface area is 232 Å². The molecule has 1 saturated heterocycles. The Morgan fingerprint density at radius 1 is 0.872 bits per heavy atom. The van der Waals surface area contributed by atoms with E-state index in [9.17, 15) is 9.59 Å². The topological polar surface area (TPSA) is 84.7 Å². The monoisotopic (exact) mass is 551 g/mol. The molecule has 0 spiro atoms. The molecule has 10 heteroatoms. The van der Waals surface area contributed by atoms with E-state index in [0.29, 0.717) is 56.7 Å². The van der Waals surface area contributed by atoms with Crippen molar-refractivity contribution in [3.05, 3.63) is 78.3 Å². The smallest absolute Gasteiger partial charge is 0.242 e. The fraction of sp³-hybridized carbons (Fsp3) is 0.379. The minimum atomic E-state index is -0.149. The number of hydrogen-bond donors (Lipinski definition) is 0. The highest BCUT2D eigenvalue weighted by atomic mass is 32.2. The molecule has 0 bridgehead atoms. The number of benzene rings is 2. The van der Waals surface area contributed by atoms with E-state index in [2.05, 4.69) is 4.90 Å². The first-order chi connectivity index (χ1) is 19.1. The molecule has 2 aromatic carbocycles. The molecule has 0 radical (unpaired) electrons. The first kappa shape index (κ1) is 27.1. The molecule has 9 nitrogen and oxygen atoms in total. The molecular formula is C29H33N3O6S. The summed E-state index contributed by atoms with van der Waals surface area (Å²) in [7, 11) is 0. The molecule has 0 atom stereocenters. The lowest BCUT2D eigenvalue weighted by molar-refractivity contribution is -0.140. The van der Waals surface area contributed by atoms with Gasteiger partial charge in [-0.05, 0) is 42.0 Å². The standard InChI is InChI=1S/C29H33N3O6S/c33-28(32(19-24-5-4-14-36-24)18-23-8-9-26-27(17-23)38-22-37-26)20-31(11-10-30-12-15-35-16-13-30)29(34)21-39-25-6-2-1-3-7-25/h1-9,14,17H,10-13,15-16,18-22H2. The number of carbonyl (C=O) groups excluding carboxylic acids is 2. The van der Waals surface area contributed by atoms with Crippen molar-refractivity contribution in [3.63, 3.8) is 0 Å².